The lowest BCUT2D eigenvalue weighted by molar-refractivity contribution is -0.116. The highest BCUT2D eigenvalue weighted by atomic mass is 127. The van der Waals surface area contributed by atoms with E-state index in [4.69, 9.17) is 4.99 Å². The van der Waals surface area contributed by atoms with Crippen LogP contribution in [-0.4, -0.2) is 55.7 Å². The minimum Gasteiger partial charge on any atom is -0.357 e. The molecule has 0 heterocycles. The largest absolute Gasteiger partial charge is 0.357 e. The van der Waals surface area contributed by atoms with Gasteiger partial charge >= 0.3 is 0 Å². The zero-order valence-electron chi connectivity index (χ0n) is 18.7. The number of anilines is 1. The maximum Gasteiger partial charge on any atom is 0.238 e. The Bertz CT molecular complexity index is 817. The normalized spacial score (nSPS) is 12.1. The number of thioether (sulfide) groups is 1. The van der Waals surface area contributed by atoms with Gasteiger partial charge in [-0.15, -0.1) is 35.7 Å². The first-order chi connectivity index (χ1) is 14.5. The fourth-order valence-corrected chi connectivity index (χ4v) is 3.71. The average molecular weight is 556 g/mol. The number of aliphatic imine (C=N–C) groups is 1. The molecule has 2 rings (SSSR count). The van der Waals surface area contributed by atoms with Gasteiger partial charge in [-0.2, -0.15) is 0 Å². The first kappa shape index (κ1) is 27.3. The Hall–Kier alpha value is -1.78. The van der Waals surface area contributed by atoms with Crippen molar-refractivity contribution in [3.8, 4) is 0 Å². The lowest BCUT2D eigenvalue weighted by atomic mass is 10.2. The molecule has 2 aromatic carbocycles. The molecule has 0 saturated heterocycles. The van der Waals surface area contributed by atoms with E-state index in [-0.39, 0.29) is 29.9 Å². The fourth-order valence-electron chi connectivity index (χ4n) is 2.76. The number of nitrogens with zero attached hydrogens (tertiary/aromatic N) is 2. The standard InChI is InChI=1S/C23H33N5OS.HI/c1-5-24-23(25-15-18(2)30-21-12-7-6-8-13-21)26-16-19-10-9-11-20(14-19)27-22(29)17-28(3)4;/h6-14,18H,5,15-17H2,1-4H3,(H,27,29)(H2,24,25,26);1H. The van der Waals surface area contributed by atoms with Crippen LogP contribution in [0.1, 0.15) is 19.4 Å². The summed E-state index contributed by atoms with van der Waals surface area (Å²) in [6, 6.07) is 18.2. The van der Waals surface area contributed by atoms with Gasteiger partial charge in [0.25, 0.3) is 0 Å². The molecule has 0 spiro atoms. The average Bonchev–Trinajstić information content (AvgIpc) is 2.70. The number of nitrogens with one attached hydrogen (secondary N) is 3. The van der Waals surface area contributed by atoms with E-state index in [1.54, 1.807) is 0 Å². The van der Waals surface area contributed by atoms with Gasteiger partial charge in [0.15, 0.2) is 5.96 Å². The Balaban J connectivity index is 0.00000480. The van der Waals surface area contributed by atoms with Crippen LogP contribution in [0.15, 0.2) is 64.5 Å². The van der Waals surface area contributed by atoms with Crippen LogP contribution >= 0.6 is 35.7 Å². The van der Waals surface area contributed by atoms with Gasteiger partial charge in [-0.05, 0) is 50.8 Å². The summed E-state index contributed by atoms with van der Waals surface area (Å²) in [4.78, 5) is 19.8. The van der Waals surface area contributed by atoms with Crippen LogP contribution in [-0.2, 0) is 11.3 Å². The SMILES string of the molecule is CCNC(=NCc1cccc(NC(=O)CN(C)C)c1)NCC(C)Sc1ccccc1.I. The van der Waals surface area contributed by atoms with Gasteiger partial charge in [0.2, 0.25) is 5.91 Å². The number of hydrogen-bond acceptors (Lipinski definition) is 4. The Labute approximate surface area is 207 Å². The van der Waals surface area contributed by atoms with Crippen molar-refractivity contribution in [2.24, 2.45) is 4.99 Å². The van der Waals surface area contributed by atoms with Crippen LogP contribution in [0.5, 0.6) is 0 Å². The molecule has 0 aromatic heterocycles. The van der Waals surface area contributed by atoms with Crippen molar-refractivity contribution in [3.05, 3.63) is 60.2 Å². The molecule has 1 atom stereocenters. The van der Waals surface area contributed by atoms with Crippen molar-refractivity contribution in [2.75, 3.05) is 39.0 Å². The third-order valence-corrected chi connectivity index (χ3v) is 5.19. The molecule has 0 aliphatic rings. The zero-order chi connectivity index (χ0) is 21.8. The molecule has 170 valence electrons. The van der Waals surface area contributed by atoms with Gasteiger partial charge in [0, 0.05) is 28.9 Å². The van der Waals surface area contributed by atoms with Gasteiger partial charge in [-0.1, -0.05) is 37.3 Å². The summed E-state index contributed by atoms with van der Waals surface area (Å²) in [7, 11) is 3.75. The second-order valence-corrected chi connectivity index (χ2v) is 8.82. The van der Waals surface area contributed by atoms with Crippen molar-refractivity contribution in [1.82, 2.24) is 15.5 Å². The highest BCUT2D eigenvalue weighted by molar-refractivity contribution is 14.0. The minimum atomic E-state index is -0.0273. The lowest BCUT2D eigenvalue weighted by Gasteiger charge is -2.16. The molecule has 3 N–H and O–H groups in total. The molecule has 0 fully saturated rings. The molecular formula is C23H34IN5OS. The second kappa shape index (κ2) is 15.1. The summed E-state index contributed by atoms with van der Waals surface area (Å²) >= 11 is 1.84. The van der Waals surface area contributed by atoms with Gasteiger partial charge < -0.3 is 20.9 Å². The molecule has 8 heteroatoms. The van der Waals surface area contributed by atoms with Gasteiger partial charge in [0.05, 0.1) is 13.1 Å². The number of guanidine groups is 1. The van der Waals surface area contributed by atoms with Crippen LogP contribution < -0.4 is 16.0 Å². The molecule has 1 amide bonds. The van der Waals surface area contributed by atoms with Crippen LogP contribution in [0.3, 0.4) is 0 Å². The first-order valence-corrected chi connectivity index (χ1v) is 11.1. The summed E-state index contributed by atoms with van der Waals surface area (Å²) in [5.41, 5.74) is 1.84. The van der Waals surface area contributed by atoms with E-state index < -0.39 is 0 Å². The summed E-state index contributed by atoms with van der Waals surface area (Å²) in [5.74, 6) is 0.764. The van der Waals surface area contributed by atoms with Crippen LogP contribution in [0.2, 0.25) is 0 Å². The van der Waals surface area contributed by atoms with Crippen molar-refractivity contribution in [2.45, 2.75) is 30.5 Å². The number of hydrogen-bond donors (Lipinski definition) is 3. The molecular weight excluding hydrogens is 521 g/mol. The summed E-state index contributed by atoms with van der Waals surface area (Å²) < 4.78 is 0. The maximum absolute atomic E-state index is 12.0. The summed E-state index contributed by atoms with van der Waals surface area (Å²) in [6.07, 6.45) is 0. The Morgan fingerprint density at radius 3 is 2.52 bits per heavy atom. The number of benzene rings is 2. The molecule has 2 aromatic rings. The van der Waals surface area contributed by atoms with E-state index in [2.05, 4.69) is 54.1 Å². The van der Waals surface area contributed by atoms with E-state index in [1.807, 2.05) is 61.1 Å². The second-order valence-electron chi connectivity index (χ2n) is 7.30. The minimum absolute atomic E-state index is 0. The predicted molar refractivity (Wildman–Crippen MR) is 144 cm³/mol. The Morgan fingerprint density at radius 1 is 1.10 bits per heavy atom. The van der Waals surface area contributed by atoms with Crippen LogP contribution in [0.25, 0.3) is 0 Å². The molecule has 0 saturated carbocycles. The fraction of sp³-hybridized carbons (Fsp3) is 0.391. The van der Waals surface area contributed by atoms with Gasteiger partial charge in [0.1, 0.15) is 0 Å². The molecule has 6 nitrogen and oxygen atoms in total. The molecule has 0 aliphatic heterocycles. The Kier molecular flexibility index (Phi) is 13.3. The summed E-state index contributed by atoms with van der Waals surface area (Å²) in [6.45, 7) is 6.76. The van der Waals surface area contributed by atoms with Gasteiger partial charge in [-0.25, -0.2) is 4.99 Å². The summed E-state index contributed by atoms with van der Waals surface area (Å²) in [5, 5.41) is 10.1. The van der Waals surface area contributed by atoms with Gasteiger partial charge in [-0.3, -0.25) is 4.79 Å². The predicted octanol–water partition coefficient (Wildman–Crippen LogP) is 4.04. The number of carbonyl (C=O) groups excluding carboxylic acids is 1. The van der Waals surface area contributed by atoms with E-state index in [1.165, 1.54) is 4.90 Å². The zero-order valence-corrected chi connectivity index (χ0v) is 21.9. The Morgan fingerprint density at radius 2 is 1.84 bits per heavy atom. The van der Waals surface area contributed by atoms with Crippen molar-refractivity contribution in [1.29, 1.82) is 0 Å². The van der Waals surface area contributed by atoms with Crippen molar-refractivity contribution in [3.63, 3.8) is 0 Å². The first-order valence-electron chi connectivity index (χ1n) is 10.2. The highest BCUT2D eigenvalue weighted by Gasteiger charge is 2.07. The molecule has 0 aliphatic carbocycles. The van der Waals surface area contributed by atoms with E-state index in [9.17, 15) is 4.79 Å². The third-order valence-electron chi connectivity index (χ3n) is 4.07. The topological polar surface area (TPSA) is 68.8 Å². The van der Waals surface area contributed by atoms with Crippen LogP contribution in [0.4, 0.5) is 5.69 Å². The molecule has 31 heavy (non-hydrogen) atoms. The smallest absolute Gasteiger partial charge is 0.238 e. The number of carbonyl (C=O) groups is 1. The molecule has 0 bridgehead atoms. The van der Waals surface area contributed by atoms with Crippen molar-refractivity contribution < 1.29 is 4.79 Å². The molecule has 0 radical (unpaired) electrons. The maximum atomic E-state index is 12.0. The van der Waals surface area contributed by atoms with E-state index >= 15 is 0 Å². The number of halogens is 1. The third kappa shape index (κ3) is 11.4. The highest BCUT2D eigenvalue weighted by Crippen LogP contribution is 2.21. The lowest BCUT2D eigenvalue weighted by Crippen LogP contribution is -2.40. The monoisotopic (exact) mass is 555 g/mol. The van der Waals surface area contributed by atoms with Crippen molar-refractivity contribution >= 4 is 53.3 Å². The van der Waals surface area contributed by atoms with E-state index in [0.29, 0.717) is 18.3 Å². The van der Waals surface area contributed by atoms with E-state index in [0.717, 1.165) is 30.3 Å². The number of amides is 1. The molecule has 1 unspecified atom stereocenters. The number of likely N-dealkylation sites (N-methyl/N-ethyl adjacent to an activating group) is 1. The number of rotatable bonds is 10. The van der Waals surface area contributed by atoms with Crippen LogP contribution in [0, 0.1) is 0 Å². The quantitative estimate of drug-likeness (QED) is 0.179.